The molecule has 0 unspecified atom stereocenters. The van der Waals surface area contributed by atoms with Crippen molar-refractivity contribution in [3.63, 3.8) is 0 Å². The number of carbonyl (C=O) groups is 1. The molecule has 166 valence electrons. The van der Waals surface area contributed by atoms with Crippen LogP contribution in [0.3, 0.4) is 0 Å². The molecular weight excluding hydrogens is 412 g/mol. The number of nitrogens with one attached hydrogen (secondary N) is 3. The van der Waals surface area contributed by atoms with Crippen LogP contribution >= 0.6 is 12.2 Å². The highest BCUT2D eigenvalue weighted by molar-refractivity contribution is 7.80. The summed E-state index contributed by atoms with van der Waals surface area (Å²) in [6.07, 6.45) is 1.62. The van der Waals surface area contributed by atoms with Crippen LogP contribution in [0, 0.1) is 20.8 Å². The third kappa shape index (κ3) is 7.57. The van der Waals surface area contributed by atoms with Crippen LogP contribution in [0.25, 0.3) is 0 Å². The first-order valence-electron chi connectivity index (χ1n) is 9.97. The Morgan fingerprint density at radius 3 is 2.42 bits per heavy atom. The standard InChI is InChI=1S/C23H30N4O3S/c1-14(2)25-23(31)27-24-12-18-7-8-19(20(11-18)29-6)30-13-21(28)26-22-16(4)9-15(3)10-17(22)5/h7-12,14H,13H2,1-6H3,(H,26,28)(H2,25,27,31)/b24-12+. The quantitative estimate of drug-likeness (QED) is 0.327. The van der Waals surface area contributed by atoms with Gasteiger partial charge in [-0.05, 0) is 81.7 Å². The molecule has 7 nitrogen and oxygen atoms in total. The molecule has 0 aliphatic rings. The molecule has 0 heterocycles. The number of benzene rings is 2. The normalized spacial score (nSPS) is 10.8. The number of rotatable bonds is 8. The molecular formula is C23H30N4O3S. The molecule has 2 rings (SSSR count). The van der Waals surface area contributed by atoms with E-state index in [9.17, 15) is 4.79 Å². The first-order chi connectivity index (χ1) is 14.7. The Labute approximate surface area is 189 Å². The zero-order valence-corrected chi connectivity index (χ0v) is 19.6. The van der Waals surface area contributed by atoms with Gasteiger partial charge >= 0.3 is 0 Å². The van der Waals surface area contributed by atoms with E-state index in [1.165, 1.54) is 0 Å². The largest absolute Gasteiger partial charge is 0.493 e. The van der Waals surface area contributed by atoms with Gasteiger partial charge < -0.3 is 20.1 Å². The summed E-state index contributed by atoms with van der Waals surface area (Å²) in [5.74, 6) is 0.734. The number of hydrogen-bond acceptors (Lipinski definition) is 5. The molecule has 31 heavy (non-hydrogen) atoms. The van der Waals surface area contributed by atoms with Gasteiger partial charge in [0.05, 0.1) is 13.3 Å². The van der Waals surface area contributed by atoms with Crippen LogP contribution in [0.2, 0.25) is 0 Å². The van der Waals surface area contributed by atoms with Crippen LogP contribution < -0.4 is 25.5 Å². The minimum Gasteiger partial charge on any atom is -0.493 e. The Bertz CT molecular complexity index is 950. The highest BCUT2D eigenvalue weighted by atomic mass is 32.1. The number of hydrogen-bond donors (Lipinski definition) is 3. The number of amides is 1. The van der Waals surface area contributed by atoms with Crippen molar-refractivity contribution in [3.05, 3.63) is 52.6 Å². The summed E-state index contributed by atoms with van der Waals surface area (Å²) in [7, 11) is 1.54. The van der Waals surface area contributed by atoms with Crippen molar-refractivity contribution in [1.29, 1.82) is 0 Å². The number of methoxy groups -OCH3 is 1. The minimum atomic E-state index is -0.238. The van der Waals surface area contributed by atoms with E-state index < -0.39 is 0 Å². The summed E-state index contributed by atoms with van der Waals surface area (Å²) in [4.78, 5) is 12.4. The highest BCUT2D eigenvalue weighted by Gasteiger charge is 2.11. The number of nitrogens with zero attached hydrogens (tertiary/aromatic N) is 1. The molecule has 0 bridgehead atoms. The van der Waals surface area contributed by atoms with Crippen LogP contribution in [-0.4, -0.2) is 37.0 Å². The fourth-order valence-electron chi connectivity index (χ4n) is 3.04. The van der Waals surface area contributed by atoms with Crippen LogP contribution in [0.5, 0.6) is 11.5 Å². The van der Waals surface area contributed by atoms with Gasteiger partial charge in [0.2, 0.25) is 0 Å². The number of carbonyl (C=O) groups excluding carboxylic acids is 1. The molecule has 1 amide bonds. The maximum Gasteiger partial charge on any atom is 0.262 e. The molecule has 3 N–H and O–H groups in total. The third-order valence-corrected chi connectivity index (χ3v) is 4.50. The first kappa shape index (κ1) is 24.1. The van der Waals surface area contributed by atoms with Crippen molar-refractivity contribution in [3.8, 4) is 11.5 Å². The summed E-state index contributed by atoms with van der Waals surface area (Å²) < 4.78 is 11.1. The summed E-state index contributed by atoms with van der Waals surface area (Å²) in [6, 6.07) is 9.61. The summed E-state index contributed by atoms with van der Waals surface area (Å²) in [5, 5.41) is 10.5. The third-order valence-electron chi connectivity index (χ3n) is 4.29. The first-order valence-corrected chi connectivity index (χ1v) is 10.4. The molecule has 0 saturated carbocycles. The predicted molar refractivity (Wildman–Crippen MR) is 129 cm³/mol. The SMILES string of the molecule is COc1cc(/C=N/NC(=S)NC(C)C)ccc1OCC(=O)Nc1c(C)cc(C)cc1C. The summed E-state index contributed by atoms with van der Waals surface area (Å²) in [5.41, 5.74) is 7.55. The van der Waals surface area contributed by atoms with E-state index in [4.69, 9.17) is 21.7 Å². The number of hydrazone groups is 1. The van der Waals surface area contributed by atoms with Gasteiger partial charge in [0, 0.05) is 11.7 Å². The lowest BCUT2D eigenvalue weighted by Crippen LogP contribution is -2.36. The Morgan fingerprint density at radius 2 is 1.81 bits per heavy atom. The zero-order valence-electron chi connectivity index (χ0n) is 18.8. The average Bonchev–Trinajstić information content (AvgIpc) is 2.68. The molecule has 8 heteroatoms. The van der Waals surface area contributed by atoms with Gasteiger partial charge in [0.1, 0.15) is 0 Å². The average molecular weight is 443 g/mol. The van der Waals surface area contributed by atoms with Crippen molar-refractivity contribution in [2.45, 2.75) is 40.7 Å². The van der Waals surface area contributed by atoms with Gasteiger partial charge in [-0.25, -0.2) is 0 Å². The summed E-state index contributed by atoms with van der Waals surface area (Å²) in [6.45, 7) is 9.82. The summed E-state index contributed by atoms with van der Waals surface area (Å²) >= 11 is 5.12. The maximum atomic E-state index is 12.4. The number of anilines is 1. The number of aryl methyl sites for hydroxylation is 3. The molecule has 0 saturated heterocycles. The van der Waals surface area contributed by atoms with Crippen LogP contribution in [-0.2, 0) is 4.79 Å². The molecule has 0 aliphatic carbocycles. The van der Waals surface area contributed by atoms with E-state index in [-0.39, 0.29) is 18.6 Å². The van der Waals surface area contributed by atoms with Gasteiger partial charge in [-0.15, -0.1) is 0 Å². The Hall–Kier alpha value is -3.13. The van der Waals surface area contributed by atoms with Crippen molar-refractivity contribution >= 4 is 35.1 Å². The lowest BCUT2D eigenvalue weighted by molar-refractivity contribution is -0.118. The van der Waals surface area contributed by atoms with Crippen molar-refractivity contribution in [2.24, 2.45) is 5.10 Å². The topological polar surface area (TPSA) is 84.0 Å². The molecule has 0 atom stereocenters. The highest BCUT2D eigenvalue weighted by Crippen LogP contribution is 2.28. The molecule has 0 fully saturated rings. The van der Waals surface area contributed by atoms with E-state index in [1.807, 2.05) is 52.8 Å². The maximum absolute atomic E-state index is 12.4. The van der Waals surface area contributed by atoms with E-state index in [1.54, 1.807) is 25.5 Å². The second-order valence-electron chi connectivity index (χ2n) is 7.52. The van der Waals surface area contributed by atoms with Gasteiger partial charge in [-0.1, -0.05) is 17.7 Å². The number of ether oxygens (including phenoxy) is 2. The minimum absolute atomic E-state index is 0.132. The van der Waals surface area contributed by atoms with E-state index >= 15 is 0 Å². The lowest BCUT2D eigenvalue weighted by Gasteiger charge is -2.14. The van der Waals surface area contributed by atoms with Crippen molar-refractivity contribution in [2.75, 3.05) is 19.0 Å². The lowest BCUT2D eigenvalue weighted by atomic mass is 10.1. The molecule has 0 spiro atoms. The van der Waals surface area contributed by atoms with Crippen LogP contribution in [0.1, 0.15) is 36.1 Å². The fourth-order valence-corrected chi connectivity index (χ4v) is 3.33. The Kier molecular flexibility index (Phi) is 8.81. The zero-order chi connectivity index (χ0) is 23.0. The molecule has 0 aliphatic heterocycles. The van der Waals surface area contributed by atoms with E-state index in [0.29, 0.717) is 16.6 Å². The van der Waals surface area contributed by atoms with Crippen molar-refractivity contribution in [1.82, 2.24) is 10.7 Å². The molecule has 2 aromatic rings. The Morgan fingerprint density at radius 1 is 1.13 bits per heavy atom. The van der Waals surface area contributed by atoms with Gasteiger partial charge in [0.25, 0.3) is 5.91 Å². The van der Waals surface area contributed by atoms with E-state index in [2.05, 4.69) is 21.2 Å². The van der Waals surface area contributed by atoms with Crippen LogP contribution in [0.15, 0.2) is 35.4 Å². The molecule has 2 aromatic carbocycles. The fraction of sp³-hybridized carbons (Fsp3) is 0.348. The van der Waals surface area contributed by atoms with Crippen LogP contribution in [0.4, 0.5) is 5.69 Å². The van der Waals surface area contributed by atoms with Gasteiger partial charge in [0.15, 0.2) is 23.2 Å². The van der Waals surface area contributed by atoms with E-state index in [0.717, 1.165) is 27.9 Å². The van der Waals surface area contributed by atoms with Gasteiger partial charge in [-0.2, -0.15) is 5.10 Å². The smallest absolute Gasteiger partial charge is 0.262 e. The molecule has 0 aromatic heterocycles. The Balaban J connectivity index is 1.98. The van der Waals surface area contributed by atoms with Gasteiger partial charge in [-0.3, -0.25) is 10.2 Å². The second kappa shape index (κ2) is 11.3. The second-order valence-corrected chi connectivity index (χ2v) is 7.93. The van der Waals surface area contributed by atoms with Crippen molar-refractivity contribution < 1.29 is 14.3 Å². The monoisotopic (exact) mass is 442 g/mol. The molecule has 0 radical (unpaired) electrons. The number of thiocarbonyl (C=S) groups is 1. The predicted octanol–water partition coefficient (Wildman–Crippen LogP) is 3.84.